The van der Waals surface area contributed by atoms with Crippen LogP contribution in [0.4, 0.5) is 5.82 Å². The number of fused-ring (bicyclic) bond motifs is 1. The minimum Gasteiger partial charge on any atom is -0.497 e. The molecule has 130 valence electrons. The van der Waals surface area contributed by atoms with E-state index in [-0.39, 0.29) is 33.3 Å². The molecule has 1 aliphatic rings. The van der Waals surface area contributed by atoms with Crippen molar-refractivity contribution in [1.29, 1.82) is 0 Å². The van der Waals surface area contributed by atoms with E-state index >= 15 is 0 Å². The van der Waals surface area contributed by atoms with Gasteiger partial charge in [0.15, 0.2) is 9.84 Å². The number of nitrogens with one attached hydrogen (secondary N) is 1. The average Bonchev–Trinajstić information content (AvgIpc) is 2.80. The van der Waals surface area contributed by atoms with Gasteiger partial charge >= 0.3 is 0 Å². The van der Waals surface area contributed by atoms with Gasteiger partial charge in [-0.2, -0.15) is 0 Å². The summed E-state index contributed by atoms with van der Waals surface area (Å²) in [5.74, 6) is -1.51. The molecule has 0 bridgehead atoms. The van der Waals surface area contributed by atoms with E-state index in [1.807, 2.05) is 0 Å². The molecular weight excluding hydrogens is 350 g/mol. The van der Waals surface area contributed by atoms with Crippen LogP contribution in [0.15, 0.2) is 34.0 Å². The third-order valence-corrected chi connectivity index (χ3v) is 4.83. The summed E-state index contributed by atoms with van der Waals surface area (Å²) in [5, 5.41) is 2.06. The lowest BCUT2D eigenvalue weighted by Crippen LogP contribution is -2.24. The van der Waals surface area contributed by atoms with E-state index in [1.54, 1.807) is 0 Å². The van der Waals surface area contributed by atoms with E-state index < -0.39 is 27.2 Å². The number of imide groups is 1. The fourth-order valence-corrected chi connectivity index (χ4v) is 3.23. The predicted molar refractivity (Wildman–Crippen MR) is 87.9 cm³/mol. The number of hydrogen-bond acceptors (Lipinski definition) is 7. The lowest BCUT2D eigenvalue weighted by Gasteiger charge is -2.14. The van der Waals surface area contributed by atoms with Crippen molar-refractivity contribution >= 4 is 27.5 Å². The Kier molecular flexibility index (Phi) is 3.64. The van der Waals surface area contributed by atoms with Gasteiger partial charge in [-0.05, 0) is 12.1 Å². The highest BCUT2D eigenvalue weighted by molar-refractivity contribution is 7.90. The number of nitrogens with two attached hydrogens (primary N) is 1. The Morgan fingerprint density at radius 3 is 2.36 bits per heavy atom. The van der Waals surface area contributed by atoms with Gasteiger partial charge in [0.2, 0.25) is 0 Å². The van der Waals surface area contributed by atoms with E-state index in [0.29, 0.717) is 0 Å². The second-order valence-corrected chi connectivity index (χ2v) is 7.43. The second-order valence-electron chi connectivity index (χ2n) is 5.41. The van der Waals surface area contributed by atoms with E-state index in [2.05, 4.69) is 5.32 Å². The maximum absolute atomic E-state index is 12.4. The van der Waals surface area contributed by atoms with Gasteiger partial charge in [-0.3, -0.25) is 24.3 Å². The lowest BCUT2D eigenvalue weighted by atomic mass is 10.1. The van der Waals surface area contributed by atoms with Crippen LogP contribution in [0.1, 0.15) is 20.7 Å². The number of nitrogen functional groups attached to an aromatic ring is 1. The molecule has 0 unspecified atom stereocenters. The van der Waals surface area contributed by atoms with Crippen LogP contribution in [0.3, 0.4) is 0 Å². The number of methoxy groups -OCH3 is 1. The number of anilines is 1. The highest BCUT2D eigenvalue weighted by Gasteiger charge is 2.32. The van der Waals surface area contributed by atoms with Gasteiger partial charge in [-0.15, -0.1) is 0 Å². The maximum Gasteiger partial charge on any atom is 0.262 e. The molecule has 2 heterocycles. The molecule has 25 heavy (non-hydrogen) atoms. The first-order chi connectivity index (χ1) is 11.6. The number of carbonyl (C=O) groups is 2. The molecule has 3 N–H and O–H groups in total. The number of rotatable bonds is 3. The summed E-state index contributed by atoms with van der Waals surface area (Å²) < 4.78 is 29.7. The molecule has 0 spiro atoms. The molecule has 10 heteroatoms. The fourth-order valence-electron chi connectivity index (χ4n) is 2.56. The standard InChI is InChI=1S/C15H13N3O6S/c1-24-8-3-7(4-9(5-8)25(2,22)23)18-11(19)6-10-12(13(18)16)15(21)17-14(10)20/h3-6H,16H2,1-2H3,(H,17,20,21). The third kappa shape index (κ3) is 2.66. The second kappa shape index (κ2) is 5.45. The molecule has 9 nitrogen and oxygen atoms in total. The summed E-state index contributed by atoms with van der Waals surface area (Å²) in [7, 11) is -2.25. The van der Waals surface area contributed by atoms with Crippen LogP contribution >= 0.6 is 0 Å². The van der Waals surface area contributed by atoms with Gasteiger partial charge in [0, 0.05) is 18.4 Å². The minimum atomic E-state index is -3.59. The zero-order chi connectivity index (χ0) is 18.5. The van der Waals surface area contributed by atoms with Gasteiger partial charge < -0.3 is 10.5 Å². The summed E-state index contributed by atoms with van der Waals surface area (Å²) in [6.07, 6.45) is 1.01. The molecule has 0 aliphatic carbocycles. The number of aromatic nitrogens is 1. The van der Waals surface area contributed by atoms with Gasteiger partial charge in [0.05, 0.1) is 28.8 Å². The molecule has 0 radical (unpaired) electrons. The van der Waals surface area contributed by atoms with Crippen LogP contribution in [0.25, 0.3) is 5.69 Å². The Balaban J connectivity index is 2.36. The third-order valence-electron chi connectivity index (χ3n) is 3.74. The van der Waals surface area contributed by atoms with E-state index in [4.69, 9.17) is 10.5 Å². The molecule has 1 aliphatic heterocycles. The molecular formula is C15H13N3O6S. The number of carbonyl (C=O) groups excluding carboxylic acids is 2. The molecule has 0 saturated carbocycles. The zero-order valence-electron chi connectivity index (χ0n) is 13.2. The molecule has 0 atom stereocenters. The molecule has 2 amide bonds. The van der Waals surface area contributed by atoms with E-state index in [1.165, 1.54) is 25.3 Å². The highest BCUT2D eigenvalue weighted by atomic mass is 32.2. The first-order valence-corrected chi connectivity index (χ1v) is 8.83. The summed E-state index contributed by atoms with van der Waals surface area (Å²) in [6.45, 7) is 0. The first-order valence-electron chi connectivity index (χ1n) is 6.94. The molecule has 3 rings (SSSR count). The van der Waals surface area contributed by atoms with Crippen LogP contribution in [0, 0.1) is 0 Å². The average molecular weight is 363 g/mol. The molecule has 1 aromatic heterocycles. The van der Waals surface area contributed by atoms with Crippen molar-refractivity contribution in [3.63, 3.8) is 0 Å². The van der Waals surface area contributed by atoms with Crippen molar-refractivity contribution in [2.75, 3.05) is 19.1 Å². The van der Waals surface area contributed by atoms with E-state index in [0.717, 1.165) is 16.9 Å². The maximum atomic E-state index is 12.4. The molecule has 0 saturated heterocycles. The smallest absolute Gasteiger partial charge is 0.262 e. The van der Waals surface area contributed by atoms with Crippen LogP contribution < -0.4 is 21.3 Å². The summed E-state index contributed by atoms with van der Waals surface area (Å²) in [5.41, 5.74) is 5.09. The summed E-state index contributed by atoms with van der Waals surface area (Å²) in [4.78, 5) is 35.9. The number of nitrogens with zero attached hydrogens (tertiary/aromatic N) is 1. The van der Waals surface area contributed by atoms with Gasteiger partial charge in [-0.25, -0.2) is 8.42 Å². The molecule has 0 fully saturated rings. The first kappa shape index (κ1) is 16.7. The lowest BCUT2D eigenvalue weighted by molar-refractivity contribution is 0.0880. The Hall–Kier alpha value is -3.14. The monoisotopic (exact) mass is 363 g/mol. The largest absolute Gasteiger partial charge is 0.497 e. The van der Waals surface area contributed by atoms with Crippen molar-refractivity contribution in [3.05, 3.63) is 45.7 Å². The van der Waals surface area contributed by atoms with Gasteiger partial charge in [0.25, 0.3) is 17.4 Å². The number of amides is 2. The van der Waals surface area contributed by atoms with Gasteiger partial charge in [0.1, 0.15) is 11.6 Å². The predicted octanol–water partition coefficient (Wildman–Crippen LogP) is -0.285. The van der Waals surface area contributed by atoms with Crippen LogP contribution in [0.2, 0.25) is 0 Å². The molecule has 2 aromatic rings. The number of ether oxygens (including phenoxy) is 1. The Morgan fingerprint density at radius 2 is 1.76 bits per heavy atom. The summed E-state index contributed by atoms with van der Waals surface area (Å²) >= 11 is 0. The normalized spacial score (nSPS) is 13.5. The van der Waals surface area contributed by atoms with Crippen molar-refractivity contribution in [2.24, 2.45) is 0 Å². The minimum absolute atomic E-state index is 0.0887. The Labute approximate surface area is 141 Å². The van der Waals surface area contributed by atoms with Crippen molar-refractivity contribution in [2.45, 2.75) is 4.90 Å². The topological polar surface area (TPSA) is 138 Å². The van der Waals surface area contributed by atoms with Crippen LogP contribution in [-0.2, 0) is 9.84 Å². The Morgan fingerprint density at radius 1 is 1.08 bits per heavy atom. The fraction of sp³-hybridized carbons (Fsp3) is 0.133. The molecule has 1 aromatic carbocycles. The number of pyridine rings is 1. The quantitative estimate of drug-likeness (QED) is 0.715. The van der Waals surface area contributed by atoms with E-state index in [9.17, 15) is 22.8 Å². The highest BCUT2D eigenvalue weighted by Crippen LogP contribution is 2.27. The van der Waals surface area contributed by atoms with Crippen LogP contribution in [0.5, 0.6) is 5.75 Å². The number of sulfone groups is 1. The Bertz CT molecular complexity index is 1100. The number of benzene rings is 1. The number of hydrogen-bond donors (Lipinski definition) is 2. The zero-order valence-corrected chi connectivity index (χ0v) is 14.0. The van der Waals surface area contributed by atoms with Gasteiger partial charge in [-0.1, -0.05) is 0 Å². The SMILES string of the molecule is COc1cc(-n2c(N)c3c(cc2=O)C(=O)NC3=O)cc(S(C)(=O)=O)c1. The van der Waals surface area contributed by atoms with Crippen LogP contribution in [-0.4, -0.2) is 38.2 Å². The summed E-state index contributed by atoms with van der Waals surface area (Å²) in [6, 6.07) is 4.90. The van der Waals surface area contributed by atoms with Crippen molar-refractivity contribution in [1.82, 2.24) is 9.88 Å². The van der Waals surface area contributed by atoms with Crippen molar-refractivity contribution < 1.29 is 22.7 Å². The van der Waals surface area contributed by atoms with Crippen molar-refractivity contribution in [3.8, 4) is 11.4 Å².